The summed E-state index contributed by atoms with van der Waals surface area (Å²) in [6, 6.07) is 13.9. The molecule has 0 unspecified atom stereocenters. The van der Waals surface area contributed by atoms with Crippen molar-refractivity contribution in [1.82, 2.24) is 5.32 Å². The maximum atomic E-state index is 13.1. The van der Waals surface area contributed by atoms with Crippen LogP contribution in [-0.4, -0.2) is 19.4 Å². The molecule has 2 aromatic rings. The van der Waals surface area contributed by atoms with Crippen molar-refractivity contribution in [1.29, 1.82) is 0 Å². The van der Waals surface area contributed by atoms with Gasteiger partial charge in [-0.05, 0) is 42.3 Å². The Kier molecular flexibility index (Phi) is 5.28. The van der Waals surface area contributed by atoms with E-state index in [1.165, 1.54) is 12.1 Å². The number of hydrogen-bond donors (Lipinski definition) is 1. The summed E-state index contributed by atoms with van der Waals surface area (Å²) in [5.41, 5.74) is 1.93. The number of halogens is 2. The minimum absolute atomic E-state index is 0.133. The highest BCUT2D eigenvalue weighted by molar-refractivity contribution is 6.30. The van der Waals surface area contributed by atoms with E-state index in [1.54, 1.807) is 12.1 Å². The van der Waals surface area contributed by atoms with Crippen LogP contribution in [-0.2, 0) is 9.47 Å². The van der Waals surface area contributed by atoms with Gasteiger partial charge in [0.1, 0.15) is 5.82 Å². The standard InChI is InChI=1S/C18H19ClFNO2/c1-12(14-3-2-4-15(19)11-14)23-18-17(21-9-10-22-18)13-5-7-16(20)8-6-13/h2-8,11-12,17-18,21H,9-10H2,1H3/t12-,17+,18-/m1/s1. The van der Waals surface area contributed by atoms with Gasteiger partial charge in [0, 0.05) is 11.6 Å². The van der Waals surface area contributed by atoms with Gasteiger partial charge in [-0.1, -0.05) is 35.9 Å². The Morgan fingerprint density at radius 3 is 2.78 bits per heavy atom. The lowest BCUT2D eigenvalue weighted by molar-refractivity contribution is -0.200. The van der Waals surface area contributed by atoms with Crippen LogP contribution in [0.15, 0.2) is 48.5 Å². The Bertz CT molecular complexity index is 650. The van der Waals surface area contributed by atoms with E-state index < -0.39 is 6.29 Å². The fourth-order valence-electron chi connectivity index (χ4n) is 2.68. The second kappa shape index (κ2) is 7.41. The van der Waals surface area contributed by atoms with E-state index in [2.05, 4.69) is 5.32 Å². The summed E-state index contributed by atoms with van der Waals surface area (Å²) in [4.78, 5) is 0. The normalized spacial score (nSPS) is 22.7. The monoisotopic (exact) mass is 335 g/mol. The van der Waals surface area contributed by atoms with Crippen LogP contribution in [0.1, 0.15) is 30.2 Å². The molecule has 0 radical (unpaired) electrons. The Balaban J connectivity index is 1.75. The highest BCUT2D eigenvalue weighted by Gasteiger charge is 2.29. The van der Waals surface area contributed by atoms with Crippen LogP contribution >= 0.6 is 11.6 Å². The van der Waals surface area contributed by atoms with Crippen molar-refractivity contribution in [2.45, 2.75) is 25.4 Å². The SMILES string of the molecule is C[C@@H](O[C@H]1OCCN[C@H]1c1ccc(F)cc1)c1cccc(Cl)c1. The van der Waals surface area contributed by atoms with Crippen LogP contribution in [0.2, 0.25) is 5.02 Å². The van der Waals surface area contributed by atoms with E-state index in [9.17, 15) is 4.39 Å². The molecule has 1 N–H and O–H groups in total. The molecule has 0 amide bonds. The van der Waals surface area contributed by atoms with Gasteiger partial charge in [0.25, 0.3) is 0 Å². The smallest absolute Gasteiger partial charge is 0.177 e. The first-order valence-corrected chi connectivity index (χ1v) is 8.02. The van der Waals surface area contributed by atoms with Gasteiger partial charge in [-0.3, -0.25) is 0 Å². The molecule has 0 saturated carbocycles. The Labute approximate surface area is 140 Å². The van der Waals surface area contributed by atoms with Gasteiger partial charge in [-0.25, -0.2) is 4.39 Å². The maximum absolute atomic E-state index is 13.1. The first kappa shape index (κ1) is 16.4. The van der Waals surface area contributed by atoms with Crippen molar-refractivity contribution in [3.8, 4) is 0 Å². The lowest BCUT2D eigenvalue weighted by atomic mass is 10.0. The first-order valence-electron chi connectivity index (χ1n) is 7.65. The Hall–Kier alpha value is -1.46. The molecule has 2 aromatic carbocycles. The maximum Gasteiger partial charge on any atom is 0.177 e. The van der Waals surface area contributed by atoms with E-state index in [-0.39, 0.29) is 18.0 Å². The molecule has 1 fully saturated rings. The minimum atomic E-state index is -0.441. The lowest BCUT2D eigenvalue weighted by Gasteiger charge is -2.34. The van der Waals surface area contributed by atoms with Gasteiger partial charge in [0.2, 0.25) is 0 Å². The molecular formula is C18H19ClFNO2. The van der Waals surface area contributed by atoms with Crippen LogP contribution in [0.3, 0.4) is 0 Å². The highest BCUT2D eigenvalue weighted by Crippen LogP contribution is 2.29. The van der Waals surface area contributed by atoms with Crippen LogP contribution < -0.4 is 5.32 Å². The van der Waals surface area contributed by atoms with Gasteiger partial charge < -0.3 is 14.8 Å². The third kappa shape index (κ3) is 4.09. The van der Waals surface area contributed by atoms with Crippen LogP contribution in [0.25, 0.3) is 0 Å². The largest absolute Gasteiger partial charge is 0.349 e. The average Bonchev–Trinajstić information content (AvgIpc) is 2.56. The number of benzene rings is 2. The topological polar surface area (TPSA) is 30.5 Å². The van der Waals surface area contributed by atoms with Crippen molar-refractivity contribution in [2.75, 3.05) is 13.2 Å². The summed E-state index contributed by atoms with van der Waals surface area (Å²) in [7, 11) is 0. The summed E-state index contributed by atoms with van der Waals surface area (Å²) in [6.45, 7) is 3.27. The predicted molar refractivity (Wildman–Crippen MR) is 87.8 cm³/mol. The fraction of sp³-hybridized carbons (Fsp3) is 0.333. The zero-order valence-corrected chi connectivity index (χ0v) is 13.6. The Morgan fingerprint density at radius 1 is 1.26 bits per heavy atom. The summed E-state index contributed by atoms with van der Waals surface area (Å²) in [6.07, 6.45) is -0.607. The summed E-state index contributed by atoms with van der Waals surface area (Å²) in [5.74, 6) is -0.254. The second-order valence-electron chi connectivity index (χ2n) is 5.56. The predicted octanol–water partition coefficient (Wildman–Crippen LogP) is 4.24. The van der Waals surface area contributed by atoms with Gasteiger partial charge in [0.05, 0.1) is 18.8 Å². The van der Waals surface area contributed by atoms with Gasteiger partial charge in [0.15, 0.2) is 6.29 Å². The molecule has 1 aliphatic heterocycles. The first-order chi connectivity index (χ1) is 11.1. The summed E-state index contributed by atoms with van der Waals surface area (Å²) < 4.78 is 25.0. The highest BCUT2D eigenvalue weighted by atomic mass is 35.5. The molecule has 0 aliphatic carbocycles. The number of ether oxygens (including phenoxy) is 2. The summed E-state index contributed by atoms with van der Waals surface area (Å²) in [5, 5.41) is 4.05. The molecule has 0 spiro atoms. The second-order valence-corrected chi connectivity index (χ2v) is 5.99. The number of morpholine rings is 1. The van der Waals surface area contributed by atoms with E-state index in [4.69, 9.17) is 21.1 Å². The molecule has 23 heavy (non-hydrogen) atoms. The molecule has 5 heteroatoms. The van der Waals surface area contributed by atoms with Crippen molar-refractivity contribution >= 4 is 11.6 Å². The van der Waals surface area contributed by atoms with Crippen LogP contribution in [0.5, 0.6) is 0 Å². The van der Waals surface area contributed by atoms with Crippen molar-refractivity contribution in [3.05, 3.63) is 70.5 Å². The molecule has 0 bridgehead atoms. The van der Waals surface area contributed by atoms with E-state index in [0.29, 0.717) is 11.6 Å². The molecule has 122 valence electrons. The third-order valence-electron chi connectivity index (χ3n) is 3.91. The molecule has 3 atom stereocenters. The lowest BCUT2D eigenvalue weighted by Crippen LogP contribution is -2.43. The molecular weight excluding hydrogens is 317 g/mol. The zero-order valence-electron chi connectivity index (χ0n) is 12.8. The van der Waals surface area contributed by atoms with Gasteiger partial charge >= 0.3 is 0 Å². The van der Waals surface area contributed by atoms with Gasteiger partial charge in [-0.15, -0.1) is 0 Å². The van der Waals surface area contributed by atoms with Crippen LogP contribution in [0, 0.1) is 5.82 Å². The number of nitrogens with one attached hydrogen (secondary N) is 1. The summed E-state index contributed by atoms with van der Waals surface area (Å²) >= 11 is 6.04. The molecule has 3 nitrogen and oxygen atoms in total. The minimum Gasteiger partial charge on any atom is -0.349 e. The van der Waals surface area contributed by atoms with Crippen molar-refractivity contribution < 1.29 is 13.9 Å². The third-order valence-corrected chi connectivity index (χ3v) is 4.14. The number of hydrogen-bond acceptors (Lipinski definition) is 3. The van der Waals surface area contributed by atoms with E-state index >= 15 is 0 Å². The van der Waals surface area contributed by atoms with Gasteiger partial charge in [-0.2, -0.15) is 0 Å². The Morgan fingerprint density at radius 2 is 2.04 bits per heavy atom. The molecule has 1 heterocycles. The van der Waals surface area contributed by atoms with Crippen molar-refractivity contribution in [3.63, 3.8) is 0 Å². The number of rotatable bonds is 4. The molecule has 3 rings (SSSR count). The zero-order chi connectivity index (χ0) is 16.2. The molecule has 1 saturated heterocycles. The molecule has 1 aliphatic rings. The van der Waals surface area contributed by atoms with E-state index in [0.717, 1.165) is 17.7 Å². The molecule has 0 aromatic heterocycles. The quantitative estimate of drug-likeness (QED) is 0.906. The van der Waals surface area contributed by atoms with E-state index in [1.807, 2.05) is 31.2 Å². The van der Waals surface area contributed by atoms with Crippen molar-refractivity contribution in [2.24, 2.45) is 0 Å². The fourth-order valence-corrected chi connectivity index (χ4v) is 2.88. The average molecular weight is 336 g/mol. The van der Waals surface area contributed by atoms with Crippen LogP contribution in [0.4, 0.5) is 4.39 Å².